The molecule has 3 N–H and O–H groups in total. The highest BCUT2D eigenvalue weighted by Gasteiger charge is 2.31. The van der Waals surface area contributed by atoms with Crippen LogP contribution >= 0.6 is 36.2 Å². The fourth-order valence-corrected chi connectivity index (χ4v) is 7.45. The lowest BCUT2D eigenvalue weighted by atomic mass is 9.99. The molecule has 2 aliphatic rings. The van der Waals surface area contributed by atoms with Crippen LogP contribution < -0.4 is 11.1 Å². The summed E-state index contributed by atoms with van der Waals surface area (Å²) in [4.78, 5) is 19.4. The molecule has 2 aliphatic heterocycles. The summed E-state index contributed by atoms with van der Waals surface area (Å²) in [6.07, 6.45) is 2.12. The SMILES string of the molecule is CN1CCC(c2ccc(S(=O)(=O)N3CCC(Nc4nc(N)c(C(=O)c5c(F)cccc5F)s4)CC3)cc2)C1.Cl.Cl. The van der Waals surface area contributed by atoms with Crippen molar-refractivity contribution in [1.82, 2.24) is 14.2 Å². The average molecular weight is 635 g/mol. The molecule has 2 aromatic carbocycles. The topological polar surface area (TPSA) is 109 Å². The van der Waals surface area contributed by atoms with E-state index in [2.05, 4.69) is 22.2 Å². The van der Waals surface area contributed by atoms with E-state index in [-0.39, 0.29) is 46.4 Å². The number of carbonyl (C=O) groups is 1. The first-order chi connectivity index (χ1) is 18.1. The summed E-state index contributed by atoms with van der Waals surface area (Å²) in [5.74, 6) is -2.48. The van der Waals surface area contributed by atoms with Gasteiger partial charge in [0.1, 0.15) is 22.3 Å². The quantitative estimate of drug-likeness (QED) is 0.361. The van der Waals surface area contributed by atoms with Gasteiger partial charge in [-0.15, -0.1) is 24.8 Å². The van der Waals surface area contributed by atoms with Crippen LogP contribution in [-0.2, 0) is 10.0 Å². The maximum absolute atomic E-state index is 14.1. The molecule has 0 aliphatic carbocycles. The van der Waals surface area contributed by atoms with Gasteiger partial charge in [0, 0.05) is 25.7 Å². The zero-order valence-corrected chi connectivity index (χ0v) is 24.9. The number of benzene rings is 2. The summed E-state index contributed by atoms with van der Waals surface area (Å²) < 4.78 is 56.1. The van der Waals surface area contributed by atoms with Crippen LogP contribution in [0.25, 0.3) is 0 Å². The second-order valence-electron chi connectivity index (χ2n) is 9.80. The van der Waals surface area contributed by atoms with E-state index in [1.165, 1.54) is 10.4 Å². The molecule has 0 bridgehead atoms. The predicted molar refractivity (Wildman–Crippen MR) is 158 cm³/mol. The number of nitrogens with two attached hydrogens (primary N) is 1. The Labute approximate surface area is 248 Å². The second-order valence-corrected chi connectivity index (χ2v) is 12.7. The van der Waals surface area contributed by atoms with Crippen molar-refractivity contribution in [2.24, 2.45) is 0 Å². The van der Waals surface area contributed by atoms with E-state index in [9.17, 15) is 22.0 Å². The van der Waals surface area contributed by atoms with Crippen molar-refractivity contribution in [3.63, 3.8) is 0 Å². The van der Waals surface area contributed by atoms with Crippen LogP contribution in [0.3, 0.4) is 0 Å². The molecule has 1 atom stereocenters. The van der Waals surface area contributed by atoms with Crippen molar-refractivity contribution in [1.29, 1.82) is 0 Å². The van der Waals surface area contributed by atoms with Crippen molar-refractivity contribution in [3.8, 4) is 0 Å². The van der Waals surface area contributed by atoms with Gasteiger partial charge < -0.3 is 16.0 Å². The summed E-state index contributed by atoms with van der Waals surface area (Å²) in [7, 11) is -1.53. The molecule has 40 heavy (non-hydrogen) atoms. The summed E-state index contributed by atoms with van der Waals surface area (Å²) in [6, 6.07) is 10.3. The van der Waals surface area contributed by atoms with Crippen LogP contribution in [0.4, 0.5) is 19.7 Å². The largest absolute Gasteiger partial charge is 0.382 e. The lowest BCUT2D eigenvalue weighted by molar-refractivity contribution is 0.103. The molecule has 0 radical (unpaired) electrons. The number of hydrogen-bond acceptors (Lipinski definition) is 8. The van der Waals surface area contributed by atoms with Crippen LogP contribution in [0.2, 0.25) is 0 Å². The zero-order chi connectivity index (χ0) is 27.0. The molecule has 5 rings (SSSR count). The second kappa shape index (κ2) is 13.1. The van der Waals surface area contributed by atoms with Crippen molar-refractivity contribution in [3.05, 3.63) is 70.1 Å². The first kappa shape index (κ1) is 32.2. The summed E-state index contributed by atoms with van der Waals surface area (Å²) in [5.41, 5.74) is 6.38. The number of thiazole rings is 1. The number of halogens is 4. The minimum Gasteiger partial charge on any atom is -0.382 e. The van der Waals surface area contributed by atoms with Gasteiger partial charge in [0.15, 0.2) is 5.13 Å². The highest BCUT2D eigenvalue weighted by atomic mass is 35.5. The van der Waals surface area contributed by atoms with Gasteiger partial charge >= 0.3 is 0 Å². The minimum absolute atomic E-state index is 0. The molecule has 0 spiro atoms. The smallest absolute Gasteiger partial charge is 0.243 e. The monoisotopic (exact) mass is 633 g/mol. The van der Waals surface area contributed by atoms with Crippen molar-refractivity contribution >= 4 is 62.9 Å². The third-order valence-electron chi connectivity index (χ3n) is 7.21. The number of hydrogen-bond donors (Lipinski definition) is 2. The Morgan fingerprint density at radius 3 is 2.23 bits per heavy atom. The fourth-order valence-electron chi connectivity index (χ4n) is 5.07. The van der Waals surface area contributed by atoms with Gasteiger partial charge in [-0.1, -0.05) is 29.5 Å². The summed E-state index contributed by atoms with van der Waals surface area (Å²) in [5, 5.41) is 3.54. The van der Waals surface area contributed by atoms with Gasteiger partial charge in [-0.3, -0.25) is 4.79 Å². The van der Waals surface area contributed by atoms with E-state index in [1.54, 1.807) is 12.1 Å². The lowest BCUT2D eigenvalue weighted by Crippen LogP contribution is -2.42. The van der Waals surface area contributed by atoms with Gasteiger partial charge in [-0.25, -0.2) is 22.2 Å². The molecule has 8 nitrogen and oxygen atoms in total. The van der Waals surface area contributed by atoms with Crippen LogP contribution in [0.15, 0.2) is 47.4 Å². The van der Waals surface area contributed by atoms with Crippen LogP contribution in [0, 0.1) is 11.6 Å². The number of piperidine rings is 1. The number of nitrogens with zero attached hydrogens (tertiary/aromatic N) is 3. The normalized spacial score (nSPS) is 18.6. The number of anilines is 2. The van der Waals surface area contributed by atoms with E-state index in [1.807, 2.05) is 12.1 Å². The van der Waals surface area contributed by atoms with Gasteiger partial charge in [0.2, 0.25) is 15.8 Å². The third kappa shape index (κ3) is 6.58. The maximum Gasteiger partial charge on any atom is 0.243 e. The zero-order valence-electron chi connectivity index (χ0n) is 21.7. The molecule has 14 heteroatoms. The Morgan fingerprint density at radius 1 is 1.02 bits per heavy atom. The number of likely N-dealkylation sites (N-methyl/N-ethyl adjacent to an activating group) is 1. The van der Waals surface area contributed by atoms with Crippen molar-refractivity contribution < 1.29 is 22.0 Å². The Hall–Kier alpha value is -2.35. The van der Waals surface area contributed by atoms with E-state index in [4.69, 9.17) is 5.73 Å². The number of carbonyl (C=O) groups excluding carboxylic acids is 1. The van der Waals surface area contributed by atoms with E-state index in [0.29, 0.717) is 37.0 Å². The van der Waals surface area contributed by atoms with E-state index in [0.717, 1.165) is 48.5 Å². The van der Waals surface area contributed by atoms with Gasteiger partial charge in [-0.2, -0.15) is 4.31 Å². The molecule has 3 aromatic rings. The molecule has 2 saturated heterocycles. The minimum atomic E-state index is -3.62. The molecule has 0 amide bonds. The molecule has 0 saturated carbocycles. The Morgan fingerprint density at radius 2 is 1.65 bits per heavy atom. The Balaban J connectivity index is 0.00000220. The standard InChI is InChI=1S/C26H29F2N5O3S2.2ClH/c1-32-12-9-17(15-32)16-5-7-19(8-6-16)38(35,36)33-13-10-18(11-14-33)30-26-31-25(29)24(37-26)23(34)22-20(27)3-2-4-21(22)28;;/h2-8,17-18H,9-15,29H2,1H3,(H,30,31);2*1H. The fraction of sp³-hybridized carbons (Fsp3) is 0.385. The Kier molecular flexibility index (Phi) is 10.5. The van der Waals surface area contributed by atoms with Crippen LogP contribution in [0.1, 0.15) is 46.0 Å². The van der Waals surface area contributed by atoms with Gasteiger partial charge in [0.05, 0.1) is 10.5 Å². The number of rotatable bonds is 7. The Bertz CT molecular complexity index is 1430. The number of ketones is 1. The number of nitrogens with one attached hydrogen (secondary N) is 1. The predicted octanol–water partition coefficient (Wildman–Crippen LogP) is 4.76. The van der Waals surface area contributed by atoms with E-state index < -0.39 is 33.0 Å². The highest BCUT2D eigenvalue weighted by Crippen LogP contribution is 2.32. The first-order valence-corrected chi connectivity index (χ1v) is 14.7. The number of nitrogen functional groups attached to an aromatic ring is 1. The summed E-state index contributed by atoms with van der Waals surface area (Å²) >= 11 is 0.924. The highest BCUT2D eigenvalue weighted by molar-refractivity contribution is 7.89. The number of sulfonamides is 1. The van der Waals surface area contributed by atoms with Crippen molar-refractivity contribution in [2.45, 2.75) is 36.1 Å². The third-order valence-corrected chi connectivity index (χ3v) is 10.1. The van der Waals surface area contributed by atoms with Crippen molar-refractivity contribution in [2.75, 3.05) is 44.3 Å². The van der Waals surface area contributed by atoms with Gasteiger partial charge in [0.25, 0.3) is 0 Å². The molecular formula is C26H31Cl2F2N5O3S2. The number of aromatic nitrogens is 1. The molecule has 1 aromatic heterocycles. The molecular weight excluding hydrogens is 603 g/mol. The average Bonchev–Trinajstić information content (AvgIpc) is 3.49. The van der Waals surface area contributed by atoms with E-state index >= 15 is 0 Å². The summed E-state index contributed by atoms with van der Waals surface area (Å²) in [6.45, 7) is 2.67. The first-order valence-electron chi connectivity index (χ1n) is 12.4. The molecule has 2 fully saturated rings. The molecule has 1 unspecified atom stereocenters. The molecule has 218 valence electrons. The number of likely N-dealkylation sites (tertiary alicyclic amines) is 1. The maximum atomic E-state index is 14.1. The molecule has 3 heterocycles. The van der Waals surface area contributed by atoms with Crippen LogP contribution in [0.5, 0.6) is 0 Å². The van der Waals surface area contributed by atoms with Gasteiger partial charge in [-0.05, 0) is 68.6 Å². The van der Waals surface area contributed by atoms with Crippen LogP contribution in [-0.4, -0.2) is 67.7 Å². The lowest BCUT2D eigenvalue weighted by Gasteiger charge is -2.31.